The molecule has 5 nitrogen and oxygen atoms in total. The number of aromatic nitrogens is 2. The average molecular weight is 308 g/mol. The standard InChI is InChI=1S/C11H15F3N4OS/c1-5-6(2)16-10(17-7(5)3)20-4-8(9(15)18-19)11(12,13)14/h8,19H,4H2,1-3H3,(H2,15,18). The fourth-order valence-corrected chi connectivity index (χ4v) is 2.46. The van der Waals surface area contributed by atoms with E-state index in [1.54, 1.807) is 13.8 Å². The first-order chi connectivity index (χ1) is 9.16. The van der Waals surface area contributed by atoms with Gasteiger partial charge in [-0.25, -0.2) is 9.97 Å². The zero-order valence-corrected chi connectivity index (χ0v) is 12.0. The molecule has 1 heterocycles. The predicted molar refractivity (Wildman–Crippen MR) is 69.9 cm³/mol. The van der Waals surface area contributed by atoms with Crippen LogP contribution in [0.15, 0.2) is 10.3 Å². The van der Waals surface area contributed by atoms with Crippen LogP contribution in [0.5, 0.6) is 0 Å². The van der Waals surface area contributed by atoms with E-state index >= 15 is 0 Å². The van der Waals surface area contributed by atoms with Gasteiger partial charge in [-0.15, -0.1) is 0 Å². The number of hydrogen-bond acceptors (Lipinski definition) is 5. The van der Waals surface area contributed by atoms with E-state index in [0.29, 0.717) is 11.4 Å². The highest BCUT2D eigenvalue weighted by Gasteiger charge is 2.42. The fourth-order valence-electron chi connectivity index (χ4n) is 1.38. The highest BCUT2D eigenvalue weighted by Crippen LogP contribution is 2.31. The molecule has 0 saturated carbocycles. The van der Waals surface area contributed by atoms with Gasteiger partial charge in [-0.3, -0.25) is 0 Å². The third kappa shape index (κ3) is 3.99. The smallest absolute Gasteiger partial charge is 0.399 e. The van der Waals surface area contributed by atoms with E-state index in [2.05, 4.69) is 15.1 Å². The maximum atomic E-state index is 12.8. The third-order valence-corrected chi connectivity index (χ3v) is 3.80. The summed E-state index contributed by atoms with van der Waals surface area (Å²) in [7, 11) is 0. The minimum Gasteiger partial charge on any atom is -0.409 e. The molecule has 0 aliphatic heterocycles. The van der Waals surface area contributed by atoms with Crippen molar-refractivity contribution in [3.05, 3.63) is 17.0 Å². The first-order valence-electron chi connectivity index (χ1n) is 5.65. The second kappa shape index (κ2) is 6.29. The lowest BCUT2D eigenvalue weighted by Crippen LogP contribution is -2.37. The van der Waals surface area contributed by atoms with E-state index in [4.69, 9.17) is 10.9 Å². The van der Waals surface area contributed by atoms with Crippen molar-refractivity contribution >= 4 is 17.6 Å². The summed E-state index contributed by atoms with van der Waals surface area (Å²) >= 11 is 0.822. The Hall–Kier alpha value is -1.51. The molecule has 112 valence electrons. The number of thioether (sulfide) groups is 1. The molecule has 0 aliphatic carbocycles. The van der Waals surface area contributed by atoms with E-state index in [0.717, 1.165) is 17.3 Å². The molecule has 0 amide bonds. The number of nitrogens with zero attached hydrogens (tertiary/aromatic N) is 3. The van der Waals surface area contributed by atoms with Crippen molar-refractivity contribution in [3.63, 3.8) is 0 Å². The molecule has 20 heavy (non-hydrogen) atoms. The highest BCUT2D eigenvalue weighted by molar-refractivity contribution is 7.99. The van der Waals surface area contributed by atoms with Crippen LogP contribution in [0.3, 0.4) is 0 Å². The first-order valence-corrected chi connectivity index (χ1v) is 6.64. The van der Waals surface area contributed by atoms with Crippen LogP contribution in [0, 0.1) is 26.7 Å². The quantitative estimate of drug-likeness (QED) is 0.223. The molecule has 9 heteroatoms. The van der Waals surface area contributed by atoms with Gasteiger partial charge < -0.3 is 10.9 Å². The van der Waals surface area contributed by atoms with Gasteiger partial charge in [-0.2, -0.15) is 13.2 Å². The largest absolute Gasteiger partial charge is 0.409 e. The topological polar surface area (TPSA) is 84.4 Å². The van der Waals surface area contributed by atoms with Gasteiger partial charge >= 0.3 is 6.18 Å². The molecular weight excluding hydrogens is 293 g/mol. The number of aryl methyl sites for hydroxylation is 2. The van der Waals surface area contributed by atoms with E-state index in [1.165, 1.54) is 0 Å². The third-order valence-electron chi connectivity index (χ3n) is 2.86. The Bertz CT molecular complexity index is 496. The summed E-state index contributed by atoms with van der Waals surface area (Å²) in [6, 6.07) is 0. The fraction of sp³-hybridized carbons (Fsp3) is 0.545. The number of hydrogen-bond donors (Lipinski definition) is 2. The minimum atomic E-state index is -4.59. The van der Waals surface area contributed by atoms with Crippen molar-refractivity contribution in [2.24, 2.45) is 16.8 Å². The van der Waals surface area contributed by atoms with Crippen LogP contribution in [-0.2, 0) is 0 Å². The Balaban J connectivity index is 2.89. The molecule has 1 rings (SSSR count). The summed E-state index contributed by atoms with van der Waals surface area (Å²) in [4.78, 5) is 8.23. The number of nitrogens with two attached hydrogens (primary N) is 1. The maximum Gasteiger partial charge on any atom is 0.399 e. The Kier molecular flexibility index (Phi) is 5.21. The molecule has 0 spiro atoms. The molecule has 0 aliphatic rings. The average Bonchev–Trinajstić information content (AvgIpc) is 2.34. The van der Waals surface area contributed by atoms with Gasteiger partial charge in [0, 0.05) is 17.1 Å². The van der Waals surface area contributed by atoms with Gasteiger partial charge in [0.2, 0.25) is 0 Å². The zero-order chi connectivity index (χ0) is 15.5. The van der Waals surface area contributed by atoms with Gasteiger partial charge in [0.25, 0.3) is 0 Å². The lowest BCUT2D eigenvalue weighted by molar-refractivity contribution is -0.150. The van der Waals surface area contributed by atoms with Crippen LogP contribution < -0.4 is 5.73 Å². The normalized spacial score (nSPS) is 14.4. The summed E-state index contributed by atoms with van der Waals surface area (Å²) in [5.41, 5.74) is 7.41. The summed E-state index contributed by atoms with van der Waals surface area (Å²) in [5, 5.41) is 11.1. The Morgan fingerprint density at radius 2 is 1.80 bits per heavy atom. The van der Waals surface area contributed by atoms with Crippen molar-refractivity contribution < 1.29 is 18.4 Å². The Morgan fingerprint density at radius 1 is 1.30 bits per heavy atom. The molecule has 0 radical (unpaired) electrons. The molecule has 0 aromatic carbocycles. The lowest BCUT2D eigenvalue weighted by atomic mass is 10.1. The Morgan fingerprint density at radius 3 is 2.20 bits per heavy atom. The summed E-state index contributed by atoms with van der Waals surface area (Å²) < 4.78 is 38.3. The van der Waals surface area contributed by atoms with Gasteiger partial charge in [0.05, 0.1) is 0 Å². The molecule has 3 N–H and O–H groups in total. The summed E-state index contributed by atoms with van der Waals surface area (Å²) in [6.07, 6.45) is -4.59. The summed E-state index contributed by atoms with van der Waals surface area (Å²) in [5.74, 6) is -3.35. The number of halogens is 3. The monoisotopic (exact) mass is 308 g/mol. The second-order valence-electron chi connectivity index (χ2n) is 4.23. The highest BCUT2D eigenvalue weighted by atomic mass is 32.2. The first kappa shape index (κ1) is 16.5. The molecule has 1 aromatic heterocycles. The number of alkyl halides is 3. The van der Waals surface area contributed by atoms with E-state index < -0.39 is 23.7 Å². The molecular formula is C11H15F3N4OS. The summed E-state index contributed by atoms with van der Waals surface area (Å²) in [6.45, 7) is 5.37. The van der Waals surface area contributed by atoms with Crippen LogP contribution in [-0.4, -0.2) is 32.9 Å². The minimum absolute atomic E-state index is 0.241. The molecule has 1 atom stereocenters. The Labute approximate surface area is 118 Å². The van der Waals surface area contributed by atoms with E-state index in [9.17, 15) is 13.2 Å². The van der Waals surface area contributed by atoms with E-state index in [-0.39, 0.29) is 5.16 Å². The van der Waals surface area contributed by atoms with Crippen LogP contribution >= 0.6 is 11.8 Å². The molecule has 0 bridgehead atoms. The van der Waals surface area contributed by atoms with Gasteiger partial charge in [-0.1, -0.05) is 16.9 Å². The van der Waals surface area contributed by atoms with Gasteiger partial charge in [0.1, 0.15) is 5.92 Å². The van der Waals surface area contributed by atoms with Crippen LogP contribution in [0.1, 0.15) is 17.0 Å². The van der Waals surface area contributed by atoms with Crippen molar-refractivity contribution in [1.82, 2.24) is 9.97 Å². The molecule has 0 saturated heterocycles. The number of rotatable bonds is 4. The SMILES string of the molecule is Cc1nc(SCC(C(N)=NO)C(F)(F)F)nc(C)c1C. The molecule has 0 fully saturated rings. The van der Waals surface area contributed by atoms with E-state index in [1.807, 2.05) is 6.92 Å². The van der Waals surface area contributed by atoms with Crippen molar-refractivity contribution in [3.8, 4) is 0 Å². The van der Waals surface area contributed by atoms with Crippen LogP contribution in [0.25, 0.3) is 0 Å². The molecule has 1 aromatic rings. The van der Waals surface area contributed by atoms with Gasteiger partial charge in [-0.05, 0) is 26.3 Å². The molecule has 1 unspecified atom stereocenters. The van der Waals surface area contributed by atoms with Gasteiger partial charge in [0.15, 0.2) is 11.0 Å². The predicted octanol–water partition coefficient (Wildman–Crippen LogP) is 2.42. The number of amidine groups is 1. The lowest BCUT2D eigenvalue weighted by Gasteiger charge is -2.18. The van der Waals surface area contributed by atoms with Crippen molar-refractivity contribution in [1.29, 1.82) is 0 Å². The maximum absolute atomic E-state index is 12.8. The zero-order valence-electron chi connectivity index (χ0n) is 11.2. The van der Waals surface area contributed by atoms with Crippen molar-refractivity contribution in [2.75, 3.05) is 5.75 Å². The van der Waals surface area contributed by atoms with Crippen LogP contribution in [0.4, 0.5) is 13.2 Å². The van der Waals surface area contributed by atoms with Crippen LogP contribution in [0.2, 0.25) is 0 Å². The van der Waals surface area contributed by atoms with Crippen molar-refractivity contribution in [2.45, 2.75) is 32.1 Å². The number of oxime groups is 1. The second-order valence-corrected chi connectivity index (χ2v) is 5.22.